The van der Waals surface area contributed by atoms with Gasteiger partial charge in [0, 0.05) is 42.5 Å². The average molecular weight is 518 g/mol. The Hall–Kier alpha value is -4.03. The smallest absolute Gasteiger partial charge is 0.290 e. The minimum absolute atomic E-state index is 0.0274. The molecule has 1 aromatic carbocycles. The van der Waals surface area contributed by atoms with Gasteiger partial charge in [0.2, 0.25) is 17.7 Å². The molecule has 14 heteroatoms. The molecule has 0 fully saturated rings. The van der Waals surface area contributed by atoms with Crippen molar-refractivity contribution in [3.05, 3.63) is 69.8 Å². The molecule has 0 aliphatic carbocycles. The van der Waals surface area contributed by atoms with E-state index in [0.717, 1.165) is 0 Å². The van der Waals surface area contributed by atoms with Gasteiger partial charge in [-0.15, -0.1) is 0 Å². The number of halogens is 3. The maximum Gasteiger partial charge on any atom is 0.290 e. The number of hydrogen-bond donors (Lipinski definition) is 3. The van der Waals surface area contributed by atoms with Crippen molar-refractivity contribution in [2.24, 2.45) is 17.8 Å². The number of rotatable bonds is 5. The summed E-state index contributed by atoms with van der Waals surface area (Å²) in [5.74, 6) is -0.708. The summed E-state index contributed by atoms with van der Waals surface area (Å²) in [5.41, 5.74) is 12.0. The lowest BCUT2D eigenvalue weighted by Gasteiger charge is -2.11. The molecule has 0 atom stereocenters. The van der Waals surface area contributed by atoms with Crippen LogP contribution in [-0.4, -0.2) is 36.8 Å². The Balaban J connectivity index is 1.51. The number of amides is 1. The quantitative estimate of drug-likeness (QED) is 0.207. The van der Waals surface area contributed by atoms with Crippen LogP contribution in [-0.2, 0) is 13.6 Å². The second-order valence-corrected chi connectivity index (χ2v) is 8.10. The third-order valence-electron chi connectivity index (χ3n) is 4.68. The molecule has 0 saturated carbocycles. The monoisotopic (exact) mass is 517 g/mol. The molecule has 0 saturated heterocycles. The number of hydrogen-bond acceptors (Lipinski definition) is 7. The fraction of sp³-hybridized carbons (Fsp3) is 0.143. The van der Waals surface area contributed by atoms with Gasteiger partial charge >= 0.3 is 0 Å². The number of hydrazine groups is 1. The summed E-state index contributed by atoms with van der Waals surface area (Å²) in [4.78, 5) is 24.3. The number of aliphatic imine (C=N–C) groups is 1. The van der Waals surface area contributed by atoms with Crippen LogP contribution in [0.25, 0.3) is 22.5 Å². The topological polar surface area (TPSA) is 149 Å². The lowest BCUT2D eigenvalue weighted by Crippen LogP contribution is -2.45. The Kier molecular flexibility index (Phi) is 6.94. The molecule has 0 aliphatic rings. The standard InChI is InChI=1S/C21H18Cl2FN9O2/c1-10-28-19(32-35-10)18-13(6-12(22)7-14(18)23)11-5-15(24)17(26-8-11)9-27-21(25)30-29-20(34)16-3-4-33(2)31-16/h3-8H,9H2,1-2H3,(H,29,34)(H3,25,27,30). The first-order valence-corrected chi connectivity index (χ1v) is 10.8. The van der Waals surface area contributed by atoms with Gasteiger partial charge in [-0.3, -0.25) is 25.3 Å². The zero-order valence-electron chi connectivity index (χ0n) is 18.4. The zero-order valence-corrected chi connectivity index (χ0v) is 19.9. The summed E-state index contributed by atoms with van der Waals surface area (Å²) in [6.07, 6.45) is 3.06. The molecule has 180 valence electrons. The van der Waals surface area contributed by atoms with Crippen LogP contribution in [0, 0.1) is 12.7 Å². The average Bonchev–Trinajstić information content (AvgIpc) is 3.44. The van der Waals surface area contributed by atoms with Gasteiger partial charge in [-0.05, 0) is 29.8 Å². The first-order chi connectivity index (χ1) is 16.7. The molecule has 0 radical (unpaired) electrons. The Morgan fingerprint density at radius 1 is 1.29 bits per heavy atom. The van der Waals surface area contributed by atoms with Crippen LogP contribution in [0.1, 0.15) is 22.1 Å². The lowest BCUT2D eigenvalue weighted by atomic mass is 10.00. The maximum atomic E-state index is 14.9. The molecule has 0 aliphatic heterocycles. The molecule has 3 heterocycles. The fourth-order valence-electron chi connectivity index (χ4n) is 3.08. The Labute approximate surface area is 208 Å². The van der Waals surface area contributed by atoms with Gasteiger partial charge in [-0.1, -0.05) is 28.4 Å². The summed E-state index contributed by atoms with van der Waals surface area (Å²) < 4.78 is 21.4. The molecular weight excluding hydrogens is 500 g/mol. The highest BCUT2D eigenvalue weighted by Crippen LogP contribution is 2.38. The predicted molar refractivity (Wildman–Crippen MR) is 127 cm³/mol. The number of guanidine groups is 1. The van der Waals surface area contributed by atoms with Crippen molar-refractivity contribution in [3.63, 3.8) is 0 Å². The van der Waals surface area contributed by atoms with E-state index in [1.807, 2.05) is 0 Å². The third-order valence-corrected chi connectivity index (χ3v) is 5.20. The summed E-state index contributed by atoms with van der Waals surface area (Å²) in [7, 11) is 1.68. The number of benzene rings is 1. The molecule has 35 heavy (non-hydrogen) atoms. The normalized spacial score (nSPS) is 11.5. The van der Waals surface area contributed by atoms with E-state index in [9.17, 15) is 9.18 Å². The van der Waals surface area contributed by atoms with E-state index in [1.54, 1.807) is 26.2 Å². The molecule has 11 nitrogen and oxygen atoms in total. The first-order valence-electron chi connectivity index (χ1n) is 10.0. The number of carbonyl (C=O) groups excluding carboxylic acids is 1. The summed E-state index contributed by atoms with van der Waals surface area (Å²) in [6, 6.07) is 5.93. The Morgan fingerprint density at radius 2 is 2.09 bits per heavy atom. The van der Waals surface area contributed by atoms with Gasteiger partial charge < -0.3 is 10.3 Å². The van der Waals surface area contributed by atoms with Gasteiger partial charge in [0.1, 0.15) is 5.82 Å². The van der Waals surface area contributed by atoms with Crippen LogP contribution in [0.2, 0.25) is 10.0 Å². The van der Waals surface area contributed by atoms with E-state index >= 15 is 0 Å². The fourth-order valence-corrected chi connectivity index (χ4v) is 3.66. The summed E-state index contributed by atoms with van der Waals surface area (Å²) in [6.45, 7) is 1.46. The number of aryl methyl sites for hydroxylation is 2. The van der Waals surface area contributed by atoms with Gasteiger partial charge in [0.25, 0.3) is 5.91 Å². The highest BCUT2D eigenvalue weighted by atomic mass is 35.5. The van der Waals surface area contributed by atoms with Crippen molar-refractivity contribution >= 4 is 35.1 Å². The minimum Gasteiger partial charge on any atom is -0.369 e. The largest absolute Gasteiger partial charge is 0.369 e. The molecule has 0 spiro atoms. The van der Waals surface area contributed by atoms with Crippen molar-refractivity contribution in [2.45, 2.75) is 13.5 Å². The highest BCUT2D eigenvalue weighted by molar-refractivity contribution is 6.37. The van der Waals surface area contributed by atoms with E-state index in [4.69, 9.17) is 33.5 Å². The van der Waals surface area contributed by atoms with Crippen molar-refractivity contribution in [3.8, 4) is 22.5 Å². The number of carbonyl (C=O) groups is 1. The second kappa shape index (κ2) is 10.1. The van der Waals surface area contributed by atoms with Crippen LogP contribution in [0.5, 0.6) is 0 Å². The molecule has 4 rings (SSSR count). The molecule has 0 unspecified atom stereocenters. The second-order valence-electron chi connectivity index (χ2n) is 7.25. The predicted octanol–water partition coefficient (Wildman–Crippen LogP) is 3.04. The van der Waals surface area contributed by atoms with E-state index in [-0.39, 0.29) is 34.7 Å². The SMILES string of the molecule is Cc1nc(-c2c(Cl)cc(Cl)cc2-c2cnc(CN=C(N)NNC(=O)c3ccn(C)n3)c(F)c2)no1. The Bertz CT molecular complexity index is 1430. The maximum absolute atomic E-state index is 14.9. The van der Waals surface area contributed by atoms with Crippen molar-refractivity contribution in [1.29, 1.82) is 0 Å². The third kappa shape index (κ3) is 5.55. The molecule has 1 amide bonds. The van der Waals surface area contributed by atoms with Crippen molar-refractivity contribution in [1.82, 2.24) is 35.8 Å². The van der Waals surface area contributed by atoms with Crippen LogP contribution in [0.15, 0.2) is 46.2 Å². The molecule has 3 aromatic heterocycles. The first kappa shape index (κ1) is 24.1. The van der Waals surface area contributed by atoms with Gasteiger partial charge in [-0.25, -0.2) is 9.38 Å². The van der Waals surface area contributed by atoms with Gasteiger partial charge in [0.05, 0.1) is 17.3 Å². The molecule has 4 aromatic rings. The summed E-state index contributed by atoms with van der Waals surface area (Å²) >= 11 is 12.6. The van der Waals surface area contributed by atoms with Gasteiger partial charge in [-0.2, -0.15) is 10.1 Å². The van der Waals surface area contributed by atoms with Crippen molar-refractivity contribution < 1.29 is 13.7 Å². The molecule has 0 bridgehead atoms. The number of nitrogens with one attached hydrogen (secondary N) is 2. The Morgan fingerprint density at radius 3 is 2.74 bits per heavy atom. The number of pyridine rings is 1. The highest BCUT2D eigenvalue weighted by Gasteiger charge is 2.19. The van der Waals surface area contributed by atoms with E-state index in [2.05, 4.69) is 36.1 Å². The number of aromatic nitrogens is 5. The van der Waals surface area contributed by atoms with E-state index in [1.165, 1.54) is 29.1 Å². The van der Waals surface area contributed by atoms with E-state index in [0.29, 0.717) is 27.6 Å². The number of nitrogens with zero attached hydrogens (tertiary/aromatic N) is 6. The van der Waals surface area contributed by atoms with E-state index < -0.39 is 11.7 Å². The molecular formula is C21H18Cl2FN9O2. The molecule has 4 N–H and O–H groups in total. The van der Waals surface area contributed by atoms with Crippen LogP contribution >= 0.6 is 23.2 Å². The van der Waals surface area contributed by atoms with Crippen LogP contribution in [0.4, 0.5) is 4.39 Å². The lowest BCUT2D eigenvalue weighted by molar-refractivity contribution is 0.0937. The van der Waals surface area contributed by atoms with Crippen LogP contribution < -0.4 is 16.6 Å². The number of nitrogens with two attached hydrogens (primary N) is 1. The van der Waals surface area contributed by atoms with Crippen LogP contribution in [0.3, 0.4) is 0 Å². The van der Waals surface area contributed by atoms with Crippen molar-refractivity contribution in [2.75, 3.05) is 0 Å². The van der Waals surface area contributed by atoms with Gasteiger partial charge in [0.15, 0.2) is 5.69 Å². The summed E-state index contributed by atoms with van der Waals surface area (Å²) in [5, 5.41) is 8.47. The zero-order chi connectivity index (χ0) is 25.1. The minimum atomic E-state index is -0.636.